The van der Waals surface area contributed by atoms with Gasteiger partial charge in [-0.15, -0.1) is 0 Å². The molecule has 0 saturated heterocycles. The highest BCUT2D eigenvalue weighted by atomic mass is 35.5. The third kappa shape index (κ3) is 7.85. The third-order valence-corrected chi connectivity index (χ3v) is 6.67. The van der Waals surface area contributed by atoms with E-state index in [1.165, 1.54) is 0 Å². The SMILES string of the molecule is O=C(NCc1ccccc1Cl)C(Cc1ccccc1)N(Cc1ccc(Cl)cc1)C(=O)COc1ccccc1. The molecule has 0 bridgehead atoms. The van der Waals surface area contributed by atoms with Crippen LogP contribution in [0.25, 0.3) is 0 Å². The van der Waals surface area contributed by atoms with E-state index >= 15 is 0 Å². The Morgan fingerprint density at radius 3 is 2.08 bits per heavy atom. The lowest BCUT2D eigenvalue weighted by Gasteiger charge is -2.31. The molecule has 1 N–H and O–H groups in total. The van der Waals surface area contributed by atoms with Gasteiger partial charge in [-0.2, -0.15) is 0 Å². The molecule has 0 aromatic heterocycles. The fourth-order valence-corrected chi connectivity index (χ4v) is 4.36. The molecule has 0 fully saturated rings. The number of carbonyl (C=O) groups is 2. The number of nitrogens with one attached hydrogen (secondary N) is 1. The molecule has 4 aromatic carbocycles. The summed E-state index contributed by atoms with van der Waals surface area (Å²) in [5.74, 6) is -0.0106. The molecule has 0 saturated carbocycles. The van der Waals surface area contributed by atoms with Crippen molar-refractivity contribution in [1.82, 2.24) is 10.2 Å². The topological polar surface area (TPSA) is 58.6 Å². The first kappa shape index (κ1) is 27.2. The second-order valence-electron chi connectivity index (χ2n) is 8.76. The van der Waals surface area contributed by atoms with Crippen molar-refractivity contribution < 1.29 is 14.3 Å². The van der Waals surface area contributed by atoms with Crippen molar-refractivity contribution in [3.05, 3.63) is 136 Å². The van der Waals surface area contributed by atoms with E-state index in [4.69, 9.17) is 27.9 Å². The zero-order chi connectivity index (χ0) is 26.7. The van der Waals surface area contributed by atoms with Crippen LogP contribution in [0.1, 0.15) is 16.7 Å². The molecule has 0 heterocycles. The second-order valence-corrected chi connectivity index (χ2v) is 9.61. The van der Waals surface area contributed by atoms with E-state index in [1.54, 1.807) is 35.2 Å². The predicted octanol–water partition coefficient (Wildman–Crippen LogP) is 6.33. The quantitative estimate of drug-likeness (QED) is 0.239. The lowest BCUT2D eigenvalue weighted by molar-refractivity contribution is -0.142. The molecular formula is C31H28Cl2N2O3. The maximum Gasteiger partial charge on any atom is 0.261 e. The zero-order valence-electron chi connectivity index (χ0n) is 20.7. The van der Waals surface area contributed by atoms with Crippen LogP contribution >= 0.6 is 23.2 Å². The van der Waals surface area contributed by atoms with Crippen molar-refractivity contribution >= 4 is 35.0 Å². The number of hydrogen-bond acceptors (Lipinski definition) is 3. The van der Waals surface area contributed by atoms with Crippen LogP contribution in [0.15, 0.2) is 109 Å². The van der Waals surface area contributed by atoms with Gasteiger partial charge >= 0.3 is 0 Å². The Morgan fingerprint density at radius 2 is 1.39 bits per heavy atom. The third-order valence-electron chi connectivity index (χ3n) is 6.05. The Morgan fingerprint density at radius 1 is 0.763 bits per heavy atom. The largest absolute Gasteiger partial charge is 0.484 e. The number of carbonyl (C=O) groups excluding carboxylic acids is 2. The fraction of sp³-hybridized carbons (Fsp3) is 0.161. The van der Waals surface area contributed by atoms with E-state index in [0.29, 0.717) is 22.2 Å². The maximum atomic E-state index is 13.7. The summed E-state index contributed by atoms with van der Waals surface area (Å²) < 4.78 is 5.77. The molecule has 0 aliphatic carbocycles. The summed E-state index contributed by atoms with van der Waals surface area (Å²) in [6, 6.07) is 32.6. The summed E-state index contributed by atoms with van der Waals surface area (Å²) in [5, 5.41) is 4.15. The van der Waals surface area contributed by atoms with Crippen LogP contribution in [0.5, 0.6) is 5.75 Å². The highest BCUT2D eigenvalue weighted by Crippen LogP contribution is 2.19. The molecule has 1 unspecified atom stereocenters. The summed E-state index contributed by atoms with van der Waals surface area (Å²) in [7, 11) is 0. The van der Waals surface area contributed by atoms with Crippen LogP contribution in [0.2, 0.25) is 10.0 Å². The average Bonchev–Trinajstić information content (AvgIpc) is 2.95. The molecule has 0 aliphatic heterocycles. The number of ether oxygens (including phenoxy) is 1. The molecule has 5 nitrogen and oxygen atoms in total. The van der Waals surface area contributed by atoms with Crippen molar-refractivity contribution in [1.29, 1.82) is 0 Å². The number of rotatable bonds is 11. The minimum absolute atomic E-state index is 0.208. The summed E-state index contributed by atoms with van der Waals surface area (Å²) >= 11 is 12.4. The lowest BCUT2D eigenvalue weighted by Crippen LogP contribution is -2.51. The molecule has 7 heteroatoms. The minimum atomic E-state index is -0.789. The van der Waals surface area contributed by atoms with E-state index in [1.807, 2.05) is 78.9 Å². The van der Waals surface area contributed by atoms with Crippen LogP contribution in [-0.4, -0.2) is 29.4 Å². The zero-order valence-corrected chi connectivity index (χ0v) is 22.2. The summed E-state index contributed by atoms with van der Waals surface area (Å²) in [5.41, 5.74) is 2.58. The molecule has 2 amide bonds. The highest BCUT2D eigenvalue weighted by Gasteiger charge is 2.30. The van der Waals surface area contributed by atoms with Gasteiger partial charge in [0, 0.05) is 29.6 Å². The maximum absolute atomic E-state index is 13.7. The average molecular weight is 547 g/mol. The molecule has 0 aliphatic rings. The van der Waals surface area contributed by atoms with Gasteiger partial charge < -0.3 is 15.0 Å². The van der Waals surface area contributed by atoms with E-state index in [-0.39, 0.29) is 31.5 Å². The number of halogens is 2. The van der Waals surface area contributed by atoms with Gasteiger partial charge in [-0.1, -0.05) is 102 Å². The fourth-order valence-electron chi connectivity index (χ4n) is 4.03. The Balaban J connectivity index is 1.61. The molecule has 0 radical (unpaired) electrons. The normalized spacial score (nSPS) is 11.4. The van der Waals surface area contributed by atoms with E-state index in [0.717, 1.165) is 16.7 Å². The molecule has 38 heavy (non-hydrogen) atoms. The monoisotopic (exact) mass is 546 g/mol. The molecule has 4 rings (SSSR count). The van der Waals surface area contributed by atoms with Gasteiger partial charge in [-0.25, -0.2) is 0 Å². The predicted molar refractivity (Wildman–Crippen MR) is 151 cm³/mol. The standard InChI is InChI=1S/C31H28Cl2N2O3/c32-26-17-15-24(16-18-26)21-35(30(36)22-38-27-12-5-2-6-13-27)29(19-23-9-3-1-4-10-23)31(37)34-20-25-11-7-8-14-28(25)33/h1-18,29H,19-22H2,(H,34,37). The Labute approximate surface area is 233 Å². The summed E-state index contributed by atoms with van der Waals surface area (Å²) in [6.45, 7) is 0.249. The van der Waals surface area contributed by atoms with E-state index < -0.39 is 6.04 Å². The Kier molecular flexibility index (Phi) is 9.79. The molecular weight excluding hydrogens is 519 g/mol. The number of benzene rings is 4. The smallest absolute Gasteiger partial charge is 0.261 e. The van der Waals surface area contributed by atoms with Gasteiger partial charge in [0.25, 0.3) is 5.91 Å². The van der Waals surface area contributed by atoms with Gasteiger partial charge in [-0.3, -0.25) is 9.59 Å². The number of amides is 2. The van der Waals surface area contributed by atoms with E-state index in [9.17, 15) is 9.59 Å². The van der Waals surface area contributed by atoms with Gasteiger partial charge in [0.05, 0.1) is 0 Å². The highest BCUT2D eigenvalue weighted by molar-refractivity contribution is 6.31. The lowest BCUT2D eigenvalue weighted by atomic mass is 10.0. The Hall–Kier alpha value is -3.80. The van der Waals surface area contributed by atoms with Crippen LogP contribution in [0, 0.1) is 0 Å². The van der Waals surface area contributed by atoms with Crippen molar-refractivity contribution in [3.8, 4) is 5.75 Å². The van der Waals surface area contributed by atoms with Crippen LogP contribution < -0.4 is 10.1 Å². The number of para-hydroxylation sites is 1. The minimum Gasteiger partial charge on any atom is -0.484 e. The first-order chi connectivity index (χ1) is 18.5. The van der Waals surface area contributed by atoms with Gasteiger partial charge in [0.1, 0.15) is 11.8 Å². The summed E-state index contributed by atoms with van der Waals surface area (Å²) in [4.78, 5) is 28.9. The molecule has 194 valence electrons. The molecule has 0 spiro atoms. The number of nitrogens with zero attached hydrogens (tertiary/aromatic N) is 1. The molecule has 1 atom stereocenters. The first-order valence-electron chi connectivity index (χ1n) is 12.3. The number of hydrogen-bond donors (Lipinski definition) is 1. The van der Waals surface area contributed by atoms with Crippen LogP contribution in [0.4, 0.5) is 0 Å². The first-order valence-corrected chi connectivity index (χ1v) is 13.0. The van der Waals surface area contributed by atoms with Crippen LogP contribution in [-0.2, 0) is 29.1 Å². The van der Waals surface area contributed by atoms with Gasteiger partial charge in [0.15, 0.2) is 6.61 Å². The van der Waals surface area contributed by atoms with Gasteiger partial charge in [-0.05, 0) is 47.0 Å². The van der Waals surface area contributed by atoms with Crippen LogP contribution in [0.3, 0.4) is 0 Å². The molecule has 4 aromatic rings. The van der Waals surface area contributed by atoms with E-state index in [2.05, 4.69) is 5.32 Å². The Bertz CT molecular complexity index is 1330. The van der Waals surface area contributed by atoms with Crippen molar-refractivity contribution in [2.75, 3.05) is 6.61 Å². The second kappa shape index (κ2) is 13.7. The van der Waals surface area contributed by atoms with Gasteiger partial charge in [0.2, 0.25) is 5.91 Å². The summed E-state index contributed by atoms with van der Waals surface area (Å²) in [6.07, 6.45) is 0.333. The van der Waals surface area contributed by atoms with Crippen molar-refractivity contribution in [2.24, 2.45) is 0 Å². The van der Waals surface area contributed by atoms with Crippen molar-refractivity contribution in [2.45, 2.75) is 25.6 Å². The van der Waals surface area contributed by atoms with Crippen molar-refractivity contribution in [3.63, 3.8) is 0 Å².